The maximum atomic E-state index is 9.27. The molecule has 4 heteroatoms. The number of rotatable bonds is 4. The summed E-state index contributed by atoms with van der Waals surface area (Å²) >= 11 is 0. The Balaban J connectivity index is 2.55. The van der Waals surface area contributed by atoms with Crippen molar-refractivity contribution in [3.05, 3.63) is 0 Å². The van der Waals surface area contributed by atoms with E-state index in [2.05, 4.69) is 11.4 Å². The van der Waals surface area contributed by atoms with E-state index in [9.17, 15) is 5.26 Å². The Kier molecular flexibility index (Phi) is 4.52. The predicted octanol–water partition coefficient (Wildman–Crippen LogP) is 1.07. The van der Waals surface area contributed by atoms with Crippen molar-refractivity contribution >= 4 is 0 Å². The topological polar surface area (TPSA) is 54.3 Å². The molecule has 0 amide bonds. The molecule has 0 bridgehead atoms. The van der Waals surface area contributed by atoms with Crippen LogP contribution in [0.5, 0.6) is 0 Å². The summed E-state index contributed by atoms with van der Waals surface area (Å²) in [5.74, 6) is 0. The summed E-state index contributed by atoms with van der Waals surface area (Å²) < 4.78 is 10.6. The van der Waals surface area contributed by atoms with Crippen molar-refractivity contribution in [1.82, 2.24) is 5.32 Å². The number of hydrogen-bond donors (Lipinski definition) is 1. The highest BCUT2D eigenvalue weighted by molar-refractivity contribution is 5.10. The molecule has 1 heterocycles. The molecular formula is C11H20N2O2. The minimum absolute atomic E-state index is 0.142. The highest BCUT2D eigenvalue weighted by atomic mass is 16.5. The SMILES string of the molecule is COCCNC1(C#N)CC(C)OC(C)C1. The van der Waals surface area contributed by atoms with Crippen LogP contribution in [0.4, 0.5) is 0 Å². The third kappa shape index (κ3) is 3.45. The van der Waals surface area contributed by atoms with Gasteiger partial charge in [0.1, 0.15) is 5.54 Å². The Labute approximate surface area is 91.6 Å². The summed E-state index contributed by atoms with van der Waals surface area (Å²) in [4.78, 5) is 0. The van der Waals surface area contributed by atoms with Gasteiger partial charge in [-0.25, -0.2) is 0 Å². The van der Waals surface area contributed by atoms with E-state index in [0.717, 1.165) is 12.8 Å². The predicted molar refractivity (Wildman–Crippen MR) is 57.5 cm³/mol. The van der Waals surface area contributed by atoms with Crippen molar-refractivity contribution in [2.45, 2.75) is 44.4 Å². The van der Waals surface area contributed by atoms with Crippen LogP contribution in [0.1, 0.15) is 26.7 Å². The maximum absolute atomic E-state index is 9.27. The second-order valence-corrected chi connectivity index (χ2v) is 4.28. The van der Waals surface area contributed by atoms with Gasteiger partial charge in [0.15, 0.2) is 0 Å². The molecule has 1 rings (SSSR count). The lowest BCUT2D eigenvalue weighted by atomic mass is 9.85. The van der Waals surface area contributed by atoms with Gasteiger partial charge in [-0.2, -0.15) is 5.26 Å². The Morgan fingerprint density at radius 3 is 2.53 bits per heavy atom. The lowest BCUT2D eigenvalue weighted by Crippen LogP contribution is -2.53. The van der Waals surface area contributed by atoms with Gasteiger partial charge in [-0.1, -0.05) is 0 Å². The third-order valence-electron chi connectivity index (χ3n) is 2.72. The molecule has 1 aliphatic heterocycles. The fraction of sp³-hybridized carbons (Fsp3) is 0.909. The normalized spacial score (nSPS) is 36.1. The Hall–Kier alpha value is -0.630. The standard InChI is InChI=1S/C11H20N2O2/c1-9-6-11(8-12,7-10(2)15-9)13-4-5-14-3/h9-10,13H,4-7H2,1-3H3. The summed E-state index contributed by atoms with van der Waals surface area (Å²) in [5, 5.41) is 12.5. The zero-order valence-electron chi connectivity index (χ0n) is 9.75. The van der Waals surface area contributed by atoms with Crippen LogP contribution in [-0.4, -0.2) is 38.0 Å². The van der Waals surface area contributed by atoms with Crippen LogP contribution < -0.4 is 5.32 Å². The molecular weight excluding hydrogens is 192 g/mol. The van der Waals surface area contributed by atoms with Gasteiger partial charge in [-0.15, -0.1) is 0 Å². The van der Waals surface area contributed by atoms with E-state index in [4.69, 9.17) is 9.47 Å². The van der Waals surface area contributed by atoms with Crippen LogP contribution in [0.15, 0.2) is 0 Å². The molecule has 86 valence electrons. The zero-order valence-corrected chi connectivity index (χ0v) is 9.75. The van der Waals surface area contributed by atoms with Crippen LogP contribution in [0.25, 0.3) is 0 Å². The molecule has 0 aromatic rings. The first-order valence-electron chi connectivity index (χ1n) is 5.42. The number of nitrogens with zero attached hydrogens (tertiary/aromatic N) is 1. The number of nitriles is 1. The molecule has 0 spiro atoms. The summed E-state index contributed by atoms with van der Waals surface area (Å²) in [7, 11) is 1.66. The average Bonchev–Trinajstić information content (AvgIpc) is 2.17. The van der Waals surface area contributed by atoms with E-state index >= 15 is 0 Å². The van der Waals surface area contributed by atoms with Crippen LogP contribution in [0.2, 0.25) is 0 Å². The summed E-state index contributed by atoms with van der Waals surface area (Å²) in [6, 6.07) is 2.39. The number of nitrogens with one attached hydrogen (secondary N) is 1. The quantitative estimate of drug-likeness (QED) is 0.708. The minimum atomic E-state index is -0.435. The lowest BCUT2D eigenvalue weighted by Gasteiger charge is -2.38. The van der Waals surface area contributed by atoms with E-state index in [0.29, 0.717) is 13.2 Å². The molecule has 0 aliphatic carbocycles. The van der Waals surface area contributed by atoms with Crippen molar-refractivity contribution in [2.24, 2.45) is 0 Å². The number of methoxy groups -OCH3 is 1. The van der Waals surface area contributed by atoms with Gasteiger partial charge in [0.25, 0.3) is 0 Å². The first-order chi connectivity index (χ1) is 7.12. The highest BCUT2D eigenvalue weighted by Crippen LogP contribution is 2.28. The summed E-state index contributed by atoms with van der Waals surface area (Å²) in [6.07, 6.45) is 1.78. The zero-order chi connectivity index (χ0) is 11.3. The number of hydrogen-bond acceptors (Lipinski definition) is 4. The van der Waals surface area contributed by atoms with Gasteiger partial charge in [0.2, 0.25) is 0 Å². The first-order valence-corrected chi connectivity index (χ1v) is 5.42. The number of ether oxygens (including phenoxy) is 2. The van der Waals surface area contributed by atoms with Gasteiger partial charge in [-0.3, -0.25) is 5.32 Å². The first kappa shape index (κ1) is 12.4. The van der Waals surface area contributed by atoms with Crippen LogP contribution >= 0.6 is 0 Å². The molecule has 1 fully saturated rings. The highest BCUT2D eigenvalue weighted by Gasteiger charge is 2.38. The van der Waals surface area contributed by atoms with Gasteiger partial charge in [-0.05, 0) is 13.8 Å². The largest absolute Gasteiger partial charge is 0.383 e. The molecule has 0 aromatic carbocycles. The van der Waals surface area contributed by atoms with Crippen molar-refractivity contribution < 1.29 is 9.47 Å². The molecule has 1 N–H and O–H groups in total. The summed E-state index contributed by atoms with van der Waals surface area (Å²) in [6.45, 7) is 5.37. The molecule has 1 aliphatic rings. The minimum Gasteiger partial charge on any atom is -0.383 e. The molecule has 2 unspecified atom stereocenters. The van der Waals surface area contributed by atoms with E-state index in [-0.39, 0.29) is 12.2 Å². The molecule has 0 radical (unpaired) electrons. The van der Waals surface area contributed by atoms with Gasteiger partial charge in [0.05, 0.1) is 24.9 Å². The molecule has 15 heavy (non-hydrogen) atoms. The second-order valence-electron chi connectivity index (χ2n) is 4.28. The van der Waals surface area contributed by atoms with E-state index < -0.39 is 5.54 Å². The average molecular weight is 212 g/mol. The van der Waals surface area contributed by atoms with Crippen LogP contribution in [0, 0.1) is 11.3 Å². The van der Waals surface area contributed by atoms with Crippen molar-refractivity contribution in [3.8, 4) is 6.07 Å². The fourth-order valence-corrected chi connectivity index (χ4v) is 2.23. The smallest absolute Gasteiger partial charge is 0.111 e. The lowest BCUT2D eigenvalue weighted by molar-refractivity contribution is -0.0569. The monoisotopic (exact) mass is 212 g/mol. The Morgan fingerprint density at radius 1 is 1.47 bits per heavy atom. The molecule has 0 saturated carbocycles. The molecule has 1 saturated heterocycles. The Bertz CT molecular complexity index is 227. The maximum Gasteiger partial charge on any atom is 0.111 e. The van der Waals surface area contributed by atoms with Crippen molar-refractivity contribution in [3.63, 3.8) is 0 Å². The van der Waals surface area contributed by atoms with Crippen molar-refractivity contribution in [1.29, 1.82) is 5.26 Å². The van der Waals surface area contributed by atoms with Gasteiger partial charge < -0.3 is 9.47 Å². The van der Waals surface area contributed by atoms with E-state index in [1.807, 2.05) is 13.8 Å². The van der Waals surface area contributed by atoms with Gasteiger partial charge >= 0.3 is 0 Å². The van der Waals surface area contributed by atoms with Crippen molar-refractivity contribution in [2.75, 3.05) is 20.3 Å². The fourth-order valence-electron chi connectivity index (χ4n) is 2.23. The molecule has 2 atom stereocenters. The van der Waals surface area contributed by atoms with Gasteiger partial charge in [0, 0.05) is 26.5 Å². The summed E-state index contributed by atoms with van der Waals surface area (Å²) in [5.41, 5.74) is -0.435. The van der Waals surface area contributed by atoms with Crippen LogP contribution in [-0.2, 0) is 9.47 Å². The van der Waals surface area contributed by atoms with E-state index in [1.165, 1.54) is 0 Å². The molecule has 4 nitrogen and oxygen atoms in total. The third-order valence-corrected chi connectivity index (χ3v) is 2.72. The Morgan fingerprint density at radius 2 is 2.07 bits per heavy atom. The van der Waals surface area contributed by atoms with E-state index in [1.54, 1.807) is 7.11 Å². The second kappa shape index (κ2) is 5.45. The molecule has 0 aromatic heterocycles. The van der Waals surface area contributed by atoms with Crippen LogP contribution in [0.3, 0.4) is 0 Å².